The molecule has 62 heavy (non-hydrogen) atoms. The monoisotopic (exact) mass is 790 g/mol. The van der Waals surface area contributed by atoms with Gasteiger partial charge in [0.25, 0.3) is 0 Å². The lowest BCUT2D eigenvalue weighted by molar-refractivity contribution is 0.669. The van der Waals surface area contributed by atoms with E-state index < -0.39 is 0 Å². The molecular formula is C57H34N4O. The average Bonchev–Trinajstić information content (AvgIpc) is 3.92. The van der Waals surface area contributed by atoms with E-state index >= 15 is 0 Å². The van der Waals surface area contributed by atoms with Gasteiger partial charge in [-0.15, -0.1) is 0 Å². The Morgan fingerprint density at radius 3 is 1.60 bits per heavy atom. The fraction of sp³-hybridized carbons (Fsp3) is 0. The Hall–Kier alpha value is -8.41. The molecule has 0 amide bonds. The molecule has 0 unspecified atom stereocenters. The number of rotatable bonds is 5. The summed E-state index contributed by atoms with van der Waals surface area (Å²) in [5.74, 6) is 0. The largest absolute Gasteiger partial charge is 0.456 e. The second kappa shape index (κ2) is 13.6. The highest BCUT2D eigenvalue weighted by Gasteiger charge is 2.20. The van der Waals surface area contributed by atoms with Crippen LogP contribution in [0.4, 0.5) is 0 Å². The van der Waals surface area contributed by atoms with Crippen molar-refractivity contribution < 1.29 is 4.42 Å². The number of fused-ring (bicyclic) bond motifs is 12. The van der Waals surface area contributed by atoms with Gasteiger partial charge in [-0.3, -0.25) is 4.40 Å². The van der Waals surface area contributed by atoms with E-state index in [1.165, 1.54) is 10.8 Å². The maximum atomic E-state index is 6.14. The van der Waals surface area contributed by atoms with E-state index in [0.29, 0.717) is 0 Å². The van der Waals surface area contributed by atoms with Crippen molar-refractivity contribution in [3.63, 3.8) is 0 Å². The molecule has 0 aliphatic carbocycles. The van der Waals surface area contributed by atoms with Crippen molar-refractivity contribution in [2.75, 3.05) is 0 Å². The van der Waals surface area contributed by atoms with Crippen molar-refractivity contribution in [1.82, 2.24) is 19.4 Å². The van der Waals surface area contributed by atoms with Gasteiger partial charge in [-0.25, -0.2) is 15.0 Å². The minimum absolute atomic E-state index is 0.844. The molecule has 4 aromatic heterocycles. The van der Waals surface area contributed by atoms with Crippen LogP contribution >= 0.6 is 0 Å². The molecule has 13 aromatic rings. The topological polar surface area (TPSA) is 56.2 Å². The van der Waals surface area contributed by atoms with E-state index in [1.54, 1.807) is 0 Å². The number of para-hydroxylation sites is 1. The molecule has 13 rings (SSSR count). The van der Waals surface area contributed by atoms with E-state index in [9.17, 15) is 0 Å². The van der Waals surface area contributed by atoms with Crippen LogP contribution in [0.3, 0.4) is 0 Å². The number of benzene rings is 9. The molecular weight excluding hydrogens is 757 g/mol. The van der Waals surface area contributed by atoms with E-state index in [4.69, 9.17) is 19.4 Å². The van der Waals surface area contributed by atoms with Crippen LogP contribution < -0.4 is 0 Å². The second-order valence-electron chi connectivity index (χ2n) is 16.0. The van der Waals surface area contributed by atoms with E-state index in [-0.39, 0.29) is 0 Å². The molecule has 0 radical (unpaired) electrons. The molecule has 5 heteroatoms. The van der Waals surface area contributed by atoms with Crippen LogP contribution in [0, 0.1) is 0 Å². The Morgan fingerprint density at radius 1 is 0.339 bits per heavy atom. The first kappa shape index (κ1) is 34.5. The summed E-state index contributed by atoms with van der Waals surface area (Å²) in [5, 5.41) is 6.84. The van der Waals surface area contributed by atoms with Gasteiger partial charge in [-0.2, -0.15) is 0 Å². The normalized spacial score (nSPS) is 11.9. The number of hydrogen-bond acceptors (Lipinski definition) is 4. The fourth-order valence-corrected chi connectivity index (χ4v) is 9.43. The maximum Gasteiger partial charge on any atom is 0.138 e. The van der Waals surface area contributed by atoms with E-state index in [2.05, 4.69) is 187 Å². The highest BCUT2D eigenvalue weighted by Crippen LogP contribution is 2.42. The summed E-state index contributed by atoms with van der Waals surface area (Å²) in [4.78, 5) is 16.1. The van der Waals surface area contributed by atoms with Gasteiger partial charge in [0.15, 0.2) is 0 Å². The predicted octanol–water partition coefficient (Wildman–Crippen LogP) is 15.0. The molecule has 0 saturated carbocycles. The van der Waals surface area contributed by atoms with Crippen LogP contribution in [0.5, 0.6) is 0 Å². The summed E-state index contributed by atoms with van der Waals surface area (Å²) in [6.45, 7) is 0. The van der Waals surface area contributed by atoms with Crippen LogP contribution in [0.2, 0.25) is 0 Å². The highest BCUT2D eigenvalue weighted by molar-refractivity contribution is 6.24. The Balaban J connectivity index is 1.02. The number of imidazole rings is 1. The van der Waals surface area contributed by atoms with Gasteiger partial charge in [0.05, 0.1) is 33.5 Å². The molecule has 0 aliphatic rings. The first-order valence-electron chi connectivity index (χ1n) is 20.9. The van der Waals surface area contributed by atoms with Crippen molar-refractivity contribution in [3.05, 3.63) is 206 Å². The Bertz CT molecular complexity index is 3910. The van der Waals surface area contributed by atoms with Gasteiger partial charge in [-0.05, 0) is 92.7 Å². The quantitative estimate of drug-likeness (QED) is 0.163. The van der Waals surface area contributed by atoms with Crippen molar-refractivity contribution in [1.29, 1.82) is 0 Å². The maximum absolute atomic E-state index is 6.14. The lowest BCUT2D eigenvalue weighted by atomic mass is 9.91. The van der Waals surface area contributed by atoms with Crippen LogP contribution in [0.15, 0.2) is 211 Å². The number of pyridine rings is 1. The minimum atomic E-state index is 0.844. The zero-order chi connectivity index (χ0) is 40.7. The van der Waals surface area contributed by atoms with Crippen molar-refractivity contribution in [2.24, 2.45) is 0 Å². The number of nitrogens with zero attached hydrogens (tertiary/aromatic N) is 4. The summed E-state index contributed by atoms with van der Waals surface area (Å²) in [5.41, 5.74) is 16.9. The molecule has 9 aromatic carbocycles. The Kier molecular flexibility index (Phi) is 7.54. The molecule has 4 heterocycles. The smallest absolute Gasteiger partial charge is 0.138 e. The van der Waals surface area contributed by atoms with Crippen LogP contribution in [0.1, 0.15) is 0 Å². The van der Waals surface area contributed by atoms with Gasteiger partial charge in [0.2, 0.25) is 0 Å². The summed E-state index contributed by atoms with van der Waals surface area (Å²) < 4.78 is 8.38. The second-order valence-corrected chi connectivity index (χ2v) is 16.0. The zero-order valence-corrected chi connectivity index (χ0v) is 33.3. The molecule has 0 saturated heterocycles. The van der Waals surface area contributed by atoms with Crippen molar-refractivity contribution in [2.45, 2.75) is 0 Å². The molecule has 0 bridgehead atoms. The molecule has 5 nitrogen and oxygen atoms in total. The number of furan rings is 1. The Morgan fingerprint density at radius 2 is 0.887 bits per heavy atom. The predicted molar refractivity (Wildman–Crippen MR) is 255 cm³/mol. The van der Waals surface area contributed by atoms with Gasteiger partial charge in [-0.1, -0.05) is 152 Å². The molecule has 0 aliphatic heterocycles. The first-order valence-corrected chi connectivity index (χ1v) is 20.9. The SMILES string of the molecule is c1ccc(-c2cc3nc(-c4ccccc4)c(-c4ccccc4)nc3cc2-c2ccc3c(c2)c2ccccc2c2nc4cc(-c5ccc6oc7ccccc7c6c5)ccn4c32)cc1. The molecule has 0 spiro atoms. The minimum Gasteiger partial charge on any atom is -0.456 e. The van der Waals surface area contributed by atoms with E-state index in [1.807, 2.05) is 24.3 Å². The zero-order valence-electron chi connectivity index (χ0n) is 33.3. The fourth-order valence-electron chi connectivity index (χ4n) is 9.43. The van der Waals surface area contributed by atoms with Crippen molar-refractivity contribution in [3.8, 4) is 55.9 Å². The molecule has 0 fully saturated rings. The third-order valence-corrected chi connectivity index (χ3v) is 12.4. The lowest BCUT2D eigenvalue weighted by Crippen LogP contribution is -1.97. The van der Waals surface area contributed by atoms with E-state index in [0.717, 1.165) is 116 Å². The van der Waals surface area contributed by atoms with Crippen LogP contribution in [-0.4, -0.2) is 19.4 Å². The van der Waals surface area contributed by atoms with Crippen molar-refractivity contribution >= 4 is 71.2 Å². The summed E-state index contributed by atoms with van der Waals surface area (Å²) in [7, 11) is 0. The first-order chi connectivity index (χ1) is 30.7. The Labute approximate surface area is 355 Å². The van der Waals surface area contributed by atoms with Gasteiger partial charge in [0, 0.05) is 38.9 Å². The number of aromatic nitrogens is 4. The van der Waals surface area contributed by atoms with Crippen LogP contribution in [0.25, 0.3) is 127 Å². The number of hydrogen-bond donors (Lipinski definition) is 0. The third kappa shape index (κ3) is 5.38. The van der Waals surface area contributed by atoms with Gasteiger partial charge >= 0.3 is 0 Å². The molecule has 0 N–H and O–H groups in total. The van der Waals surface area contributed by atoms with Crippen LogP contribution in [-0.2, 0) is 0 Å². The average molecular weight is 791 g/mol. The standard InChI is InChI=1S/C57H34N4O/c1-4-14-35(15-5-1)45-33-49-50(59-55(37-18-8-3-9-19-37)54(58-49)36-16-6-2-7-17-36)34-46(45)40-24-26-44-47(31-40)41-20-10-11-22-43(41)56-57(44)61-29-28-39(32-53(61)60-56)38-25-27-52-48(30-38)42-21-12-13-23-51(42)62-52/h1-34H. The lowest BCUT2D eigenvalue weighted by Gasteiger charge is -2.16. The third-order valence-electron chi connectivity index (χ3n) is 12.4. The summed E-state index contributed by atoms with van der Waals surface area (Å²) in [6.07, 6.45) is 2.17. The highest BCUT2D eigenvalue weighted by atomic mass is 16.3. The molecule has 288 valence electrons. The molecule has 0 atom stereocenters. The summed E-state index contributed by atoms with van der Waals surface area (Å²) in [6, 6.07) is 70.4. The van der Waals surface area contributed by atoms with Gasteiger partial charge < -0.3 is 4.42 Å². The van der Waals surface area contributed by atoms with Gasteiger partial charge in [0.1, 0.15) is 16.8 Å². The summed E-state index contributed by atoms with van der Waals surface area (Å²) >= 11 is 0.